The third kappa shape index (κ3) is 4.47. The van der Waals surface area contributed by atoms with Crippen molar-refractivity contribution in [2.24, 2.45) is 5.92 Å². The first-order valence-electron chi connectivity index (χ1n) is 13.4. The Hall–Kier alpha value is -3.83. The van der Waals surface area contributed by atoms with E-state index in [2.05, 4.69) is 0 Å². The molecule has 0 spiro atoms. The predicted molar refractivity (Wildman–Crippen MR) is 146 cm³/mol. The number of ether oxygens (including phenoxy) is 4. The second-order valence-corrected chi connectivity index (χ2v) is 10.4. The smallest absolute Gasteiger partial charge is 0.310 e. The number of hydrogen-bond acceptors (Lipinski definition) is 9. The van der Waals surface area contributed by atoms with Gasteiger partial charge >= 0.3 is 5.97 Å². The van der Waals surface area contributed by atoms with E-state index in [1.165, 1.54) is 14.2 Å². The van der Waals surface area contributed by atoms with Gasteiger partial charge in [-0.15, -0.1) is 0 Å². The molecule has 1 aliphatic heterocycles. The summed E-state index contributed by atoms with van der Waals surface area (Å²) in [5.74, 6) is -2.50. The molecule has 0 saturated heterocycles. The first-order valence-corrected chi connectivity index (χ1v) is 13.4. The number of carboxylic acid groups (broad SMARTS) is 1. The molecule has 0 bridgehead atoms. The van der Waals surface area contributed by atoms with Gasteiger partial charge in [0.05, 0.1) is 45.0 Å². The molecule has 6 atom stereocenters. The standard InChI is InChI=1S/C31H34O10/c1-38-21-12-10-19(11-13-21)31-26(18-7-4-3-5-8-18)25(29(35)36)28(34)30(31,37)27-23(39-2)15-22(16-24(27)41-31)40-14-6-9-20(33)17-32/h3-5,7-8,10-13,15-16,20,25-26,28,32-34,37H,6,9,14,17H2,1-2H3,(H,35,36). The molecule has 1 aliphatic carbocycles. The van der Waals surface area contributed by atoms with Crippen molar-refractivity contribution in [2.75, 3.05) is 27.4 Å². The number of aliphatic hydroxyl groups is 4. The van der Waals surface area contributed by atoms with Crippen LogP contribution in [0.3, 0.4) is 0 Å². The normalized spacial score (nSPS) is 26.9. The summed E-state index contributed by atoms with van der Waals surface area (Å²) < 4.78 is 23.6. The van der Waals surface area contributed by atoms with Crippen LogP contribution in [0.15, 0.2) is 66.7 Å². The Morgan fingerprint density at radius 2 is 1.73 bits per heavy atom. The van der Waals surface area contributed by atoms with Crippen LogP contribution in [0, 0.1) is 5.92 Å². The van der Waals surface area contributed by atoms with Crippen molar-refractivity contribution in [3.63, 3.8) is 0 Å². The number of methoxy groups -OCH3 is 2. The molecule has 3 aromatic carbocycles. The van der Waals surface area contributed by atoms with Gasteiger partial charge in [-0.2, -0.15) is 0 Å². The highest BCUT2D eigenvalue weighted by Crippen LogP contribution is 2.70. The van der Waals surface area contributed by atoms with Gasteiger partial charge < -0.3 is 44.5 Å². The van der Waals surface area contributed by atoms with Gasteiger partial charge in [0.15, 0.2) is 11.2 Å². The monoisotopic (exact) mass is 566 g/mol. The zero-order valence-electron chi connectivity index (χ0n) is 22.8. The van der Waals surface area contributed by atoms with E-state index in [9.17, 15) is 25.2 Å². The van der Waals surface area contributed by atoms with Gasteiger partial charge in [-0.3, -0.25) is 4.79 Å². The van der Waals surface area contributed by atoms with Crippen molar-refractivity contribution >= 4 is 5.97 Å². The molecule has 1 fully saturated rings. The van der Waals surface area contributed by atoms with Gasteiger partial charge in [-0.05, 0) is 36.1 Å². The maximum absolute atomic E-state index is 12.7. The van der Waals surface area contributed by atoms with Crippen molar-refractivity contribution in [1.82, 2.24) is 0 Å². The molecule has 0 aromatic heterocycles. The van der Waals surface area contributed by atoms with E-state index in [1.807, 2.05) is 0 Å². The number of hydrogen-bond donors (Lipinski definition) is 5. The largest absolute Gasteiger partial charge is 0.497 e. The summed E-state index contributed by atoms with van der Waals surface area (Å²) in [5, 5.41) is 53.5. The summed E-state index contributed by atoms with van der Waals surface area (Å²) >= 11 is 0. The van der Waals surface area contributed by atoms with Crippen molar-refractivity contribution < 1.29 is 49.3 Å². The van der Waals surface area contributed by atoms with Gasteiger partial charge in [-0.25, -0.2) is 0 Å². The van der Waals surface area contributed by atoms with Gasteiger partial charge in [-0.1, -0.05) is 42.5 Å². The molecule has 6 unspecified atom stereocenters. The van der Waals surface area contributed by atoms with Gasteiger partial charge in [0.2, 0.25) is 0 Å². The molecule has 2 aliphatic rings. The van der Waals surface area contributed by atoms with Crippen molar-refractivity contribution in [2.45, 2.75) is 42.2 Å². The van der Waals surface area contributed by atoms with Crippen molar-refractivity contribution in [1.29, 1.82) is 0 Å². The van der Waals surface area contributed by atoms with Crippen LogP contribution in [0.5, 0.6) is 23.0 Å². The van der Waals surface area contributed by atoms with Crippen molar-refractivity contribution in [3.05, 3.63) is 83.4 Å². The van der Waals surface area contributed by atoms with E-state index in [1.54, 1.807) is 66.7 Å². The van der Waals surface area contributed by atoms with Crippen LogP contribution in [0.2, 0.25) is 0 Å². The summed E-state index contributed by atoms with van der Waals surface area (Å²) in [5.41, 5.74) is -2.89. The number of carbonyl (C=O) groups is 1. The number of carboxylic acids is 1. The maximum atomic E-state index is 12.7. The Kier molecular flexibility index (Phi) is 7.85. The Bertz CT molecular complexity index is 1380. The minimum atomic E-state index is -2.24. The first-order chi connectivity index (χ1) is 19.7. The predicted octanol–water partition coefficient (Wildman–Crippen LogP) is 2.55. The molecule has 5 rings (SSSR count). The van der Waals surface area contributed by atoms with Crippen LogP contribution in [-0.2, 0) is 16.0 Å². The zero-order valence-corrected chi connectivity index (χ0v) is 22.8. The van der Waals surface area contributed by atoms with E-state index >= 15 is 0 Å². The molecule has 218 valence electrons. The molecule has 0 radical (unpaired) electrons. The average Bonchev–Trinajstić information content (AvgIpc) is 3.37. The SMILES string of the molecule is COc1ccc(C23Oc4cc(OCCCC(O)CO)cc(OC)c4C2(O)C(O)C(C(=O)O)C3c2ccccc2)cc1. The molecule has 0 amide bonds. The van der Waals surface area contributed by atoms with E-state index in [0.29, 0.717) is 35.5 Å². The first kappa shape index (κ1) is 28.7. The second kappa shape index (κ2) is 11.2. The average molecular weight is 567 g/mol. The van der Waals surface area contributed by atoms with Crippen molar-refractivity contribution in [3.8, 4) is 23.0 Å². The number of fused-ring (bicyclic) bond motifs is 3. The molecular weight excluding hydrogens is 532 g/mol. The van der Waals surface area contributed by atoms with Crippen LogP contribution in [0.1, 0.15) is 35.4 Å². The Labute approximate surface area is 237 Å². The van der Waals surface area contributed by atoms with Gasteiger partial charge in [0.25, 0.3) is 0 Å². The molecule has 3 aromatic rings. The fourth-order valence-electron chi connectivity index (χ4n) is 6.34. The highest BCUT2D eigenvalue weighted by molar-refractivity contribution is 5.77. The molecule has 10 nitrogen and oxygen atoms in total. The quantitative estimate of drug-likeness (QED) is 0.219. The van der Waals surface area contributed by atoms with Gasteiger partial charge in [0.1, 0.15) is 29.1 Å². The van der Waals surface area contributed by atoms with Crippen LogP contribution in [0.25, 0.3) is 0 Å². The lowest BCUT2D eigenvalue weighted by molar-refractivity contribution is -0.159. The summed E-state index contributed by atoms with van der Waals surface area (Å²) in [7, 11) is 2.92. The van der Waals surface area contributed by atoms with E-state index < -0.39 is 41.2 Å². The van der Waals surface area contributed by atoms with E-state index in [-0.39, 0.29) is 30.3 Å². The maximum Gasteiger partial charge on any atom is 0.310 e. The molecule has 1 heterocycles. The summed E-state index contributed by atoms with van der Waals surface area (Å²) in [6.45, 7) is -0.113. The number of aliphatic carboxylic acids is 1. The highest BCUT2D eigenvalue weighted by Gasteiger charge is 2.78. The molecule has 5 N–H and O–H groups in total. The Balaban J connectivity index is 1.69. The minimum Gasteiger partial charge on any atom is -0.497 e. The number of rotatable bonds is 11. The molecule has 41 heavy (non-hydrogen) atoms. The molecular formula is C31H34O10. The van der Waals surface area contributed by atoms with Crippen LogP contribution in [-0.4, -0.2) is 71.1 Å². The molecule has 1 saturated carbocycles. The van der Waals surface area contributed by atoms with E-state index in [4.69, 9.17) is 24.1 Å². The second-order valence-electron chi connectivity index (χ2n) is 10.4. The van der Waals surface area contributed by atoms with Crippen LogP contribution >= 0.6 is 0 Å². The summed E-state index contributed by atoms with van der Waals surface area (Å²) in [6.07, 6.45) is -1.81. The Morgan fingerprint density at radius 3 is 2.34 bits per heavy atom. The third-order valence-corrected chi connectivity index (χ3v) is 8.17. The van der Waals surface area contributed by atoms with E-state index in [0.717, 1.165) is 0 Å². The fourth-order valence-corrected chi connectivity index (χ4v) is 6.34. The van der Waals surface area contributed by atoms with Crippen LogP contribution in [0.4, 0.5) is 0 Å². The molecule has 10 heteroatoms. The summed E-state index contributed by atoms with van der Waals surface area (Å²) in [4.78, 5) is 12.7. The minimum absolute atomic E-state index is 0.121. The lowest BCUT2D eigenvalue weighted by atomic mass is 9.70. The lowest BCUT2D eigenvalue weighted by Gasteiger charge is -2.40. The fraction of sp³-hybridized carbons (Fsp3) is 0.387. The number of benzene rings is 3. The summed E-state index contributed by atoms with van der Waals surface area (Å²) in [6, 6.07) is 18.7. The highest BCUT2D eigenvalue weighted by atomic mass is 16.5. The third-order valence-electron chi connectivity index (χ3n) is 8.17. The zero-order chi connectivity index (χ0) is 29.4. The van der Waals surface area contributed by atoms with Gasteiger partial charge in [0, 0.05) is 18.1 Å². The lowest BCUT2D eigenvalue weighted by Crippen LogP contribution is -2.52. The van der Waals surface area contributed by atoms with Crippen LogP contribution < -0.4 is 18.9 Å². The Morgan fingerprint density at radius 1 is 1.02 bits per heavy atom. The number of aliphatic hydroxyl groups excluding tert-OH is 3. The topological polar surface area (TPSA) is 155 Å².